The Kier molecular flexibility index (Phi) is 7.87. The molecule has 1 heterocycles. The summed E-state index contributed by atoms with van der Waals surface area (Å²) in [6.07, 6.45) is 1.08. The maximum absolute atomic E-state index is 9.80. The van der Waals surface area contributed by atoms with E-state index in [-0.39, 0.29) is 0 Å². The molecule has 0 aromatic carbocycles. The Balaban J connectivity index is 2.01. The van der Waals surface area contributed by atoms with E-state index >= 15 is 0 Å². The lowest BCUT2D eigenvalue weighted by Gasteiger charge is -2.37. The lowest BCUT2D eigenvalue weighted by molar-refractivity contribution is 0.0156. The summed E-state index contributed by atoms with van der Waals surface area (Å²) in [7, 11) is 1.69. The molecule has 0 saturated carbocycles. The van der Waals surface area contributed by atoms with Crippen LogP contribution in [0.4, 0.5) is 0 Å². The number of hydrogen-bond donors (Lipinski definition) is 1. The second-order valence-corrected chi connectivity index (χ2v) is 5.89. The molecule has 0 unspecified atom stereocenters. The molecule has 1 aliphatic rings. The topological polar surface area (TPSA) is 45.2 Å². The van der Waals surface area contributed by atoms with Gasteiger partial charge in [-0.15, -0.1) is 0 Å². The number of rotatable bonds is 9. The smallest absolute Gasteiger partial charge is 0.0718 e. The van der Waals surface area contributed by atoms with Gasteiger partial charge in [-0.25, -0.2) is 0 Å². The standard InChI is InChI=1S/C14H30N2O3/c1-14(2,17)13-16-8-6-15(7-9-16)5-4-10-19-12-11-18-3/h17H,4-13H2,1-3H3. The van der Waals surface area contributed by atoms with Crippen LogP contribution in [0.15, 0.2) is 0 Å². The third-order valence-corrected chi connectivity index (χ3v) is 3.27. The lowest BCUT2D eigenvalue weighted by Crippen LogP contribution is -2.50. The van der Waals surface area contributed by atoms with Crippen LogP contribution in [0.1, 0.15) is 20.3 Å². The summed E-state index contributed by atoms with van der Waals surface area (Å²) in [6.45, 7) is 12.1. The highest BCUT2D eigenvalue weighted by atomic mass is 16.5. The van der Waals surface area contributed by atoms with Crippen molar-refractivity contribution in [1.82, 2.24) is 9.80 Å². The van der Waals surface area contributed by atoms with E-state index in [0.717, 1.165) is 52.3 Å². The highest BCUT2D eigenvalue weighted by molar-refractivity contribution is 4.77. The van der Waals surface area contributed by atoms with Gasteiger partial charge < -0.3 is 19.5 Å². The summed E-state index contributed by atoms with van der Waals surface area (Å²) in [4.78, 5) is 4.81. The van der Waals surface area contributed by atoms with E-state index in [1.165, 1.54) is 0 Å². The lowest BCUT2D eigenvalue weighted by atomic mass is 10.1. The minimum Gasteiger partial charge on any atom is -0.389 e. The molecule has 0 aromatic rings. The zero-order valence-corrected chi connectivity index (χ0v) is 12.7. The zero-order chi connectivity index (χ0) is 14.1. The van der Waals surface area contributed by atoms with E-state index < -0.39 is 5.60 Å². The van der Waals surface area contributed by atoms with Crippen molar-refractivity contribution in [2.45, 2.75) is 25.9 Å². The molecule has 114 valence electrons. The first-order chi connectivity index (χ1) is 9.01. The van der Waals surface area contributed by atoms with E-state index in [2.05, 4.69) is 9.80 Å². The Labute approximate surface area is 117 Å². The van der Waals surface area contributed by atoms with Gasteiger partial charge >= 0.3 is 0 Å². The number of β-amino-alcohol motifs (C(OH)–C–C–N with tert-alkyl or cyclic N) is 1. The van der Waals surface area contributed by atoms with Crippen LogP contribution in [0.3, 0.4) is 0 Å². The molecule has 0 atom stereocenters. The quantitative estimate of drug-likeness (QED) is 0.618. The molecule has 0 aromatic heterocycles. The first kappa shape index (κ1) is 16.9. The molecular weight excluding hydrogens is 244 g/mol. The van der Waals surface area contributed by atoms with Crippen LogP contribution in [0.5, 0.6) is 0 Å². The predicted molar refractivity (Wildman–Crippen MR) is 76.5 cm³/mol. The molecule has 5 heteroatoms. The summed E-state index contributed by atoms with van der Waals surface area (Å²) < 4.78 is 10.4. The van der Waals surface area contributed by atoms with Crippen molar-refractivity contribution in [2.75, 3.05) is 66.2 Å². The van der Waals surface area contributed by atoms with Gasteiger partial charge in [0.25, 0.3) is 0 Å². The van der Waals surface area contributed by atoms with Crippen LogP contribution >= 0.6 is 0 Å². The van der Waals surface area contributed by atoms with Gasteiger partial charge in [0.05, 0.1) is 18.8 Å². The third kappa shape index (κ3) is 8.55. The second-order valence-electron chi connectivity index (χ2n) is 5.89. The van der Waals surface area contributed by atoms with Crippen molar-refractivity contribution in [1.29, 1.82) is 0 Å². The number of methoxy groups -OCH3 is 1. The van der Waals surface area contributed by atoms with E-state index in [1.807, 2.05) is 13.8 Å². The second kappa shape index (κ2) is 8.87. The Morgan fingerprint density at radius 2 is 1.63 bits per heavy atom. The fraction of sp³-hybridized carbons (Fsp3) is 1.00. The number of hydrogen-bond acceptors (Lipinski definition) is 5. The van der Waals surface area contributed by atoms with Gasteiger partial charge in [0.2, 0.25) is 0 Å². The van der Waals surface area contributed by atoms with Crippen molar-refractivity contribution in [2.24, 2.45) is 0 Å². The van der Waals surface area contributed by atoms with Crippen LogP contribution < -0.4 is 0 Å². The minimum atomic E-state index is -0.586. The SMILES string of the molecule is COCCOCCCN1CCN(CC(C)(C)O)CC1. The number of aliphatic hydroxyl groups is 1. The van der Waals surface area contributed by atoms with Gasteiger partial charge in [0, 0.05) is 53.0 Å². The fourth-order valence-corrected chi connectivity index (χ4v) is 2.35. The summed E-state index contributed by atoms with van der Waals surface area (Å²) in [5, 5.41) is 9.80. The molecule has 1 fully saturated rings. The maximum atomic E-state index is 9.80. The van der Waals surface area contributed by atoms with Gasteiger partial charge in [-0.05, 0) is 20.3 Å². The third-order valence-electron chi connectivity index (χ3n) is 3.27. The molecule has 0 aliphatic carbocycles. The van der Waals surface area contributed by atoms with Gasteiger partial charge in [0.15, 0.2) is 0 Å². The molecule has 19 heavy (non-hydrogen) atoms. The van der Waals surface area contributed by atoms with E-state index in [1.54, 1.807) is 7.11 Å². The Hall–Kier alpha value is -0.200. The summed E-state index contributed by atoms with van der Waals surface area (Å²) >= 11 is 0. The first-order valence-corrected chi connectivity index (χ1v) is 7.25. The number of ether oxygens (including phenoxy) is 2. The highest BCUT2D eigenvalue weighted by Crippen LogP contribution is 2.08. The molecule has 1 aliphatic heterocycles. The van der Waals surface area contributed by atoms with Crippen LogP contribution in [0.25, 0.3) is 0 Å². The predicted octanol–water partition coefficient (Wildman–Crippen LogP) is 0.428. The highest BCUT2D eigenvalue weighted by Gasteiger charge is 2.22. The van der Waals surface area contributed by atoms with Gasteiger partial charge in [-0.1, -0.05) is 0 Å². The molecule has 0 spiro atoms. The summed E-state index contributed by atoms with van der Waals surface area (Å²) in [5.41, 5.74) is -0.586. The normalized spacial score (nSPS) is 18.9. The average Bonchev–Trinajstić information content (AvgIpc) is 2.34. The zero-order valence-electron chi connectivity index (χ0n) is 12.7. The molecule has 5 nitrogen and oxygen atoms in total. The Bertz CT molecular complexity index is 223. The molecule has 1 N–H and O–H groups in total. The van der Waals surface area contributed by atoms with Crippen LogP contribution in [-0.4, -0.2) is 86.7 Å². The molecule has 1 rings (SSSR count). The van der Waals surface area contributed by atoms with Crippen molar-refractivity contribution >= 4 is 0 Å². The van der Waals surface area contributed by atoms with Crippen LogP contribution in [-0.2, 0) is 9.47 Å². The first-order valence-electron chi connectivity index (χ1n) is 7.25. The van der Waals surface area contributed by atoms with Crippen molar-refractivity contribution < 1.29 is 14.6 Å². The monoisotopic (exact) mass is 274 g/mol. The van der Waals surface area contributed by atoms with E-state index in [9.17, 15) is 5.11 Å². The van der Waals surface area contributed by atoms with Gasteiger partial charge in [-0.2, -0.15) is 0 Å². The van der Waals surface area contributed by atoms with Crippen molar-refractivity contribution in [3.63, 3.8) is 0 Å². The molecule has 0 amide bonds. The van der Waals surface area contributed by atoms with Crippen LogP contribution in [0, 0.1) is 0 Å². The fourth-order valence-electron chi connectivity index (χ4n) is 2.35. The summed E-state index contributed by atoms with van der Waals surface area (Å²) in [6, 6.07) is 0. The molecule has 0 bridgehead atoms. The molecule has 0 radical (unpaired) electrons. The minimum absolute atomic E-state index is 0.586. The molecule has 1 saturated heterocycles. The van der Waals surface area contributed by atoms with Crippen LogP contribution in [0.2, 0.25) is 0 Å². The Morgan fingerprint density at radius 1 is 1.00 bits per heavy atom. The van der Waals surface area contributed by atoms with Gasteiger partial charge in [-0.3, -0.25) is 4.90 Å². The number of nitrogens with zero attached hydrogens (tertiary/aromatic N) is 2. The Morgan fingerprint density at radius 3 is 2.21 bits per heavy atom. The largest absolute Gasteiger partial charge is 0.389 e. The number of piperazine rings is 1. The van der Waals surface area contributed by atoms with Gasteiger partial charge in [0.1, 0.15) is 0 Å². The van der Waals surface area contributed by atoms with Crippen molar-refractivity contribution in [3.8, 4) is 0 Å². The maximum Gasteiger partial charge on any atom is 0.0718 e. The summed E-state index contributed by atoms with van der Waals surface area (Å²) in [5.74, 6) is 0. The van der Waals surface area contributed by atoms with Crippen molar-refractivity contribution in [3.05, 3.63) is 0 Å². The molecular formula is C14H30N2O3. The van der Waals surface area contributed by atoms with E-state index in [0.29, 0.717) is 13.2 Å². The van der Waals surface area contributed by atoms with E-state index in [4.69, 9.17) is 9.47 Å². The average molecular weight is 274 g/mol.